The number of anilines is 1. The summed E-state index contributed by atoms with van der Waals surface area (Å²) in [5, 5.41) is 0. The van der Waals surface area contributed by atoms with Gasteiger partial charge in [0.15, 0.2) is 0 Å². The molecule has 3 rings (SSSR count). The van der Waals surface area contributed by atoms with Gasteiger partial charge in [0.2, 0.25) is 0 Å². The van der Waals surface area contributed by atoms with Crippen LogP contribution < -0.4 is 5.73 Å². The third kappa shape index (κ3) is 2.58. The van der Waals surface area contributed by atoms with Crippen molar-refractivity contribution in [2.75, 3.05) is 5.73 Å². The maximum atomic E-state index is 5.79. The van der Waals surface area contributed by atoms with Crippen LogP contribution in [0.4, 0.5) is 5.69 Å². The largest absolute Gasteiger partial charge is 0.399 e. The Bertz CT molecular complexity index is 676. The second kappa shape index (κ2) is 5.12. The van der Waals surface area contributed by atoms with Gasteiger partial charge in [0.05, 0.1) is 24.0 Å². The fourth-order valence-electron chi connectivity index (χ4n) is 2.01. The molecule has 0 aliphatic heterocycles. The average molecular weight is 253 g/mol. The first-order chi connectivity index (χ1) is 9.33. The van der Waals surface area contributed by atoms with Gasteiger partial charge >= 0.3 is 0 Å². The summed E-state index contributed by atoms with van der Waals surface area (Å²) in [6.07, 6.45) is 1.77. The van der Waals surface area contributed by atoms with Gasteiger partial charge in [0.25, 0.3) is 0 Å². The Morgan fingerprint density at radius 1 is 1.11 bits per heavy atom. The number of fused-ring (bicyclic) bond motifs is 1. The fourth-order valence-corrected chi connectivity index (χ4v) is 2.01. The SMILES string of the molecule is Nc1ccc2ncn(COCc3ccccc3)c2c1. The van der Waals surface area contributed by atoms with E-state index < -0.39 is 0 Å². The summed E-state index contributed by atoms with van der Waals surface area (Å²) in [6, 6.07) is 15.8. The zero-order valence-corrected chi connectivity index (χ0v) is 10.5. The van der Waals surface area contributed by atoms with Gasteiger partial charge in [-0.3, -0.25) is 0 Å². The molecule has 4 heteroatoms. The number of imidazole rings is 1. The lowest BCUT2D eigenvalue weighted by Gasteiger charge is -2.06. The van der Waals surface area contributed by atoms with Crippen LogP contribution in [0, 0.1) is 0 Å². The molecule has 0 bridgehead atoms. The second-order valence-corrected chi connectivity index (χ2v) is 4.43. The molecule has 0 fully saturated rings. The van der Waals surface area contributed by atoms with Crippen molar-refractivity contribution in [1.29, 1.82) is 0 Å². The summed E-state index contributed by atoms with van der Waals surface area (Å²) < 4.78 is 7.65. The molecule has 2 aromatic carbocycles. The van der Waals surface area contributed by atoms with E-state index in [2.05, 4.69) is 4.98 Å². The van der Waals surface area contributed by atoms with Crippen molar-refractivity contribution >= 4 is 16.7 Å². The summed E-state index contributed by atoms with van der Waals surface area (Å²) in [7, 11) is 0. The lowest BCUT2D eigenvalue weighted by Crippen LogP contribution is -2.01. The molecule has 0 saturated carbocycles. The number of rotatable bonds is 4. The van der Waals surface area contributed by atoms with Gasteiger partial charge in [-0.1, -0.05) is 30.3 Å². The second-order valence-electron chi connectivity index (χ2n) is 4.43. The minimum Gasteiger partial charge on any atom is -0.399 e. The van der Waals surface area contributed by atoms with E-state index in [0.29, 0.717) is 13.3 Å². The maximum Gasteiger partial charge on any atom is 0.124 e. The predicted molar refractivity (Wildman–Crippen MR) is 75.4 cm³/mol. The summed E-state index contributed by atoms with van der Waals surface area (Å²) in [6.45, 7) is 1.05. The smallest absolute Gasteiger partial charge is 0.124 e. The quantitative estimate of drug-likeness (QED) is 0.727. The molecule has 0 spiro atoms. The molecule has 0 unspecified atom stereocenters. The molecule has 1 heterocycles. The molecule has 3 aromatic rings. The van der Waals surface area contributed by atoms with E-state index in [1.165, 1.54) is 0 Å². The molecule has 19 heavy (non-hydrogen) atoms. The standard InChI is InChI=1S/C15H15N3O/c16-13-6-7-14-15(8-13)18(10-17-14)11-19-9-12-4-2-1-3-5-12/h1-8,10H,9,11,16H2. The molecular weight excluding hydrogens is 238 g/mol. The third-order valence-electron chi connectivity index (χ3n) is 2.99. The first-order valence-electron chi connectivity index (χ1n) is 6.15. The Hall–Kier alpha value is -2.33. The van der Waals surface area contributed by atoms with Gasteiger partial charge in [0, 0.05) is 5.69 Å². The van der Waals surface area contributed by atoms with Crippen LogP contribution >= 0.6 is 0 Å². The fraction of sp³-hybridized carbons (Fsp3) is 0.133. The van der Waals surface area contributed by atoms with Gasteiger partial charge in [-0.05, 0) is 23.8 Å². The molecular formula is C15H15N3O. The van der Waals surface area contributed by atoms with Crippen molar-refractivity contribution in [2.24, 2.45) is 0 Å². The zero-order valence-electron chi connectivity index (χ0n) is 10.5. The number of hydrogen-bond donors (Lipinski definition) is 1. The molecule has 0 saturated heterocycles. The van der Waals surface area contributed by atoms with Crippen molar-refractivity contribution < 1.29 is 4.74 Å². The Labute approximate surface area is 111 Å². The van der Waals surface area contributed by atoms with Gasteiger partial charge in [-0.2, -0.15) is 0 Å². The monoisotopic (exact) mass is 253 g/mol. The molecule has 0 aliphatic rings. The molecule has 2 N–H and O–H groups in total. The number of ether oxygens (including phenoxy) is 1. The number of aromatic nitrogens is 2. The van der Waals surface area contributed by atoms with Crippen molar-refractivity contribution in [3.63, 3.8) is 0 Å². The topological polar surface area (TPSA) is 53.1 Å². The van der Waals surface area contributed by atoms with Crippen LogP contribution in [-0.2, 0) is 18.1 Å². The normalized spacial score (nSPS) is 10.9. The van der Waals surface area contributed by atoms with Crippen molar-refractivity contribution in [2.45, 2.75) is 13.3 Å². The van der Waals surface area contributed by atoms with Crippen LogP contribution in [0.5, 0.6) is 0 Å². The highest BCUT2D eigenvalue weighted by molar-refractivity contribution is 5.78. The van der Waals surface area contributed by atoms with E-state index in [-0.39, 0.29) is 0 Å². The van der Waals surface area contributed by atoms with Gasteiger partial charge in [-0.15, -0.1) is 0 Å². The molecule has 0 amide bonds. The van der Waals surface area contributed by atoms with Crippen LogP contribution in [0.2, 0.25) is 0 Å². The first kappa shape index (κ1) is 11.7. The van der Waals surface area contributed by atoms with Crippen LogP contribution in [0.15, 0.2) is 54.9 Å². The van der Waals surface area contributed by atoms with E-state index in [9.17, 15) is 0 Å². The number of benzene rings is 2. The summed E-state index contributed by atoms with van der Waals surface area (Å²) >= 11 is 0. The van der Waals surface area contributed by atoms with Crippen LogP contribution in [0.25, 0.3) is 11.0 Å². The summed E-state index contributed by atoms with van der Waals surface area (Å²) in [4.78, 5) is 4.31. The highest BCUT2D eigenvalue weighted by atomic mass is 16.5. The van der Waals surface area contributed by atoms with Crippen LogP contribution in [0.3, 0.4) is 0 Å². The molecule has 0 atom stereocenters. The maximum absolute atomic E-state index is 5.79. The first-order valence-corrected chi connectivity index (χ1v) is 6.15. The lowest BCUT2D eigenvalue weighted by atomic mass is 10.2. The summed E-state index contributed by atoms with van der Waals surface area (Å²) in [5.41, 5.74) is 9.60. The Balaban J connectivity index is 1.70. The molecule has 0 aliphatic carbocycles. The Morgan fingerprint density at radius 2 is 1.95 bits per heavy atom. The zero-order chi connectivity index (χ0) is 13.1. The van der Waals surface area contributed by atoms with Gasteiger partial charge < -0.3 is 15.0 Å². The minimum absolute atomic E-state index is 0.467. The Kier molecular flexibility index (Phi) is 3.16. The molecule has 96 valence electrons. The van der Waals surface area contributed by atoms with Crippen LogP contribution in [0.1, 0.15) is 5.56 Å². The predicted octanol–water partition coefficient (Wildman–Crippen LogP) is 2.79. The van der Waals surface area contributed by atoms with Gasteiger partial charge in [-0.25, -0.2) is 4.98 Å². The summed E-state index contributed by atoms with van der Waals surface area (Å²) in [5.74, 6) is 0. The molecule has 1 aromatic heterocycles. The minimum atomic E-state index is 0.467. The van der Waals surface area contributed by atoms with Crippen molar-refractivity contribution in [3.8, 4) is 0 Å². The van der Waals surface area contributed by atoms with Crippen LogP contribution in [-0.4, -0.2) is 9.55 Å². The van der Waals surface area contributed by atoms with E-state index in [1.807, 2.05) is 53.1 Å². The highest BCUT2D eigenvalue weighted by Gasteiger charge is 2.02. The van der Waals surface area contributed by atoms with E-state index in [0.717, 1.165) is 22.3 Å². The number of nitrogen functional groups attached to an aromatic ring is 1. The van der Waals surface area contributed by atoms with E-state index >= 15 is 0 Å². The highest BCUT2D eigenvalue weighted by Crippen LogP contribution is 2.16. The average Bonchev–Trinajstić information content (AvgIpc) is 2.83. The lowest BCUT2D eigenvalue weighted by molar-refractivity contribution is 0.0664. The van der Waals surface area contributed by atoms with Gasteiger partial charge in [0.1, 0.15) is 6.73 Å². The van der Waals surface area contributed by atoms with E-state index in [4.69, 9.17) is 10.5 Å². The van der Waals surface area contributed by atoms with Crippen molar-refractivity contribution in [3.05, 3.63) is 60.4 Å². The number of nitrogens with zero attached hydrogens (tertiary/aromatic N) is 2. The molecule has 4 nitrogen and oxygen atoms in total. The third-order valence-corrected chi connectivity index (χ3v) is 2.99. The Morgan fingerprint density at radius 3 is 2.79 bits per heavy atom. The van der Waals surface area contributed by atoms with E-state index in [1.54, 1.807) is 6.33 Å². The number of nitrogens with two attached hydrogens (primary N) is 1. The molecule has 0 radical (unpaired) electrons. The van der Waals surface area contributed by atoms with Crippen molar-refractivity contribution in [1.82, 2.24) is 9.55 Å². The number of hydrogen-bond acceptors (Lipinski definition) is 3.